The van der Waals surface area contributed by atoms with Crippen LogP contribution in [0.5, 0.6) is 0 Å². The second-order valence-corrected chi connectivity index (χ2v) is 6.24. The molecule has 0 aromatic carbocycles. The van der Waals surface area contributed by atoms with Crippen molar-refractivity contribution in [3.05, 3.63) is 6.33 Å². The smallest absolute Gasteiger partial charge is 0.326 e. The van der Waals surface area contributed by atoms with Gasteiger partial charge < -0.3 is 4.74 Å². The highest BCUT2D eigenvalue weighted by Gasteiger charge is 2.39. The first-order valence-corrected chi connectivity index (χ1v) is 7.15. The van der Waals surface area contributed by atoms with Gasteiger partial charge in [-0.15, -0.1) is 0 Å². The van der Waals surface area contributed by atoms with Gasteiger partial charge in [-0.05, 0) is 31.3 Å². The van der Waals surface area contributed by atoms with Crippen molar-refractivity contribution in [3.8, 4) is 0 Å². The first kappa shape index (κ1) is 12.8. The highest BCUT2D eigenvalue weighted by molar-refractivity contribution is 8.01. The van der Waals surface area contributed by atoms with Crippen molar-refractivity contribution < 1.29 is 9.53 Å². The molecule has 0 radical (unpaired) electrons. The Hall–Kier alpha value is -0.660. The maximum Gasteiger partial charge on any atom is 0.326 e. The van der Waals surface area contributed by atoms with Crippen molar-refractivity contribution in [2.75, 3.05) is 12.9 Å². The van der Waals surface area contributed by atoms with E-state index in [1.165, 1.54) is 36.7 Å². The van der Waals surface area contributed by atoms with E-state index in [2.05, 4.69) is 14.7 Å². The van der Waals surface area contributed by atoms with Gasteiger partial charge in [-0.3, -0.25) is 10.1 Å². The molecular weight excluding hydrogens is 258 g/mol. The fourth-order valence-corrected chi connectivity index (χ4v) is 3.03. The van der Waals surface area contributed by atoms with Gasteiger partial charge in [-0.1, -0.05) is 11.8 Å². The molecule has 1 aromatic heterocycles. The van der Waals surface area contributed by atoms with Gasteiger partial charge in [0.1, 0.15) is 11.9 Å². The van der Waals surface area contributed by atoms with E-state index >= 15 is 0 Å². The van der Waals surface area contributed by atoms with E-state index in [4.69, 9.17) is 4.74 Å². The van der Waals surface area contributed by atoms with Gasteiger partial charge in [-0.2, -0.15) is 4.37 Å². The normalized spacial score (nSPS) is 18.7. The highest BCUT2D eigenvalue weighted by Crippen LogP contribution is 2.28. The third-order valence-corrected chi connectivity index (χ3v) is 4.67. The zero-order valence-electron chi connectivity index (χ0n) is 9.80. The Labute approximate surface area is 109 Å². The quantitative estimate of drug-likeness (QED) is 0.623. The molecule has 2 rings (SSSR count). The van der Waals surface area contributed by atoms with E-state index < -0.39 is 5.54 Å². The van der Waals surface area contributed by atoms with Crippen LogP contribution < -0.4 is 5.32 Å². The summed E-state index contributed by atoms with van der Waals surface area (Å²) in [4.78, 5) is 15.9. The van der Waals surface area contributed by atoms with Crippen LogP contribution in [0, 0.1) is 0 Å². The molecule has 0 bridgehead atoms. The minimum atomic E-state index is -0.647. The second-order valence-electron chi connectivity index (χ2n) is 4.24. The first-order chi connectivity index (χ1) is 8.14. The standard InChI is InChI=1S/C10H15N3O2S2/c1-10(8(14)15-2,13-7-3-4-7)5-16-9-11-6-12-17-9/h6-7,13H,3-5H2,1-2H3. The first-order valence-electron chi connectivity index (χ1n) is 5.39. The van der Waals surface area contributed by atoms with Crippen molar-refractivity contribution >= 4 is 29.3 Å². The molecular formula is C10H15N3O2S2. The number of aromatic nitrogens is 2. The number of nitrogens with one attached hydrogen (secondary N) is 1. The van der Waals surface area contributed by atoms with Crippen molar-refractivity contribution in [1.29, 1.82) is 0 Å². The lowest BCUT2D eigenvalue weighted by Crippen LogP contribution is -2.53. The molecule has 1 aliphatic carbocycles. The van der Waals surface area contributed by atoms with Crippen LogP contribution in [0.1, 0.15) is 19.8 Å². The molecule has 94 valence electrons. The summed E-state index contributed by atoms with van der Waals surface area (Å²) in [6.45, 7) is 1.88. The lowest BCUT2D eigenvalue weighted by Gasteiger charge is -2.27. The maximum atomic E-state index is 11.8. The number of hydrogen-bond donors (Lipinski definition) is 1. The fraction of sp³-hybridized carbons (Fsp3) is 0.700. The fourth-order valence-electron chi connectivity index (χ4n) is 1.50. The van der Waals surface area contributed by atoms with E-state index in [1.54, 1.807) is 0 Å². The topological polar surface area (TPSA) is 64.1 Å². The van der Waals surface area contributed by atoms with Gasteiger partial charge in [-0.25, -0.2) is 4.98 Å². The molecule has 7 heteroatoms. The van der Waals surface area contributed by atoms with Crippen molar-refractivity contribution in [2.45, 2.75) is 35.7 Å². The Kier molecular flexibility index (Phi) is 4.01. The largest absolute Gasteiger partial charge is 0.468 e. The second kappa shape index (κ2) is 5.32. The van der Waals surface area contributed by atoms with Gasteiger partial charge >= 0.3 is 5.97 Å². The van der Waals surface area contributed by atoms with E-state index in [9.17, 15) is 4.79 Å². The Bertz CT molecular complexity index is 381. The zero-order chi connectivity index (χ0) is 12.3. The van der Waals surface area contributed by atoms with E-state index in [-0.39, 0.29) is 5.97 Å². The number of ether oxygens (including phenoxy) is 1. The monoisotopic (exact) mass is 273 g/mol. The Morgan fingerprint density at radius 1 is 1.76 bits per heavy atom. The number of hydrogen-bond acceptors (Lipinski definition) is 7. The summed E-state index contributed by atoms with van der Waals surface area (Å²) in [5, 5.41) is 3.34. The van der Waals surface area contributed by atoms with Crippen molar-refractivity contribution in [2.24, 2.45) is 0 Å². The van der Waals surface area contributed by atoms with Gasteiger partial charge in [0.15, 0.2) is 4.34 Å². The van der Waals surface area contributed by atoms with Gasteiger partial charge in [0.2, 0.25) is 0 Å². The summed E-state index contributed by atoms with van der Waals surface area (Å²) in [6.07, 6.45) is 3.79. The highest BCUT2D eigenvalue weighted by atomic mass is 32.2. The molecule has 1 atom stereocenters. The SMILES string of the molecule is COC(=O)C(C)(CSc1ncns1)NC1CC1. The number of nitrogens with zero attached hydrogens (tertiary/aromatic N) is 2. The molecule has 1 saturated carbocycles. The van der Waals surface area contributed by atoms with E-state index in [1.807, 2.05) is 6.92 Å². The summed E-state index contributed by atoms with van der Waals surface area (Å²) in [5.41, 5.74) is -0.647. The van der Waals surface area contributed by atoms with Crippen LogP contribution in [0.2, 0.25) is 0 Å². The summed E-state index contributed by atoms with van der Waals surface area (Å²) in [6, 6.07) is 0.453. The predicted octanol–water partition coefficient (Wildman–Crippen LogP) is 1.31. The summed E-state index contributed by atoms with van der Waals surface area (Å²) >= 11 is 2.87. The van der Waals surface area contributed by atoms with E-state index in [0.29, 0.717) is 11.8 Å². The van der Waals surface area contributed by atoms with Gasteiger partial charge in [0.05, 0.1) is 7.11 Å². The summed E-state index contributed by atoms with van der Waals surface area (Å²) < 4.78 is 9.67. The average molecular weight is 273 g/mol. The van der Waals surface area contributed by atoms with E-state index in [0.717, 1.165) is 17.2 Å². The number of esters is 1. The molecule has 17 heavy (non-hydrogen) atoms. The van der Waals surface area contributed by atoms with Crippen LogP contribution >= 0.6 is 23.3 Å². The number of methoxy groups -OCH3 is 1. The molecule has 5 nitrogen and oxygen atoms in total. The molecule has 1 aromatic rings. The number of rotatable bonds is 6. The minimum absolute atomic E-state index is 0.221. The van der Waals surface area contributed by atoms with Crippen molar-refractivity contribution in [1.82, 2.24) is 14.7 Å². The molecule has 0 amide bonds. The Balaban J connectivity index is 1.96. The third kappa shape index (κ3) is 3.40. The third-order valence-electron chi connectivity index (χ3n) is 2.56. The molecule has 1 N–H and O–H groups in total. The Morgan fingerprint density at radius 2 is 2.53 bits per heavy atom. The lowest BCUT2D eigenvalue weighted by molar-refractivity contribution is -0.146. The molecule has 1 aliphatic rings. The van der Waals surface area contributed by atoms with Crippen molar-refractivity contribution in [3.63, 3.8) is 0 Å². The zero-order valence-corrected chi connectivity index (χ0v) is 11.4. The van der Waals surface area contributed by atoms with Crippen LogP contribution in [0.3, 0.4) is 0 Å². The maximum absolute atomic E-state index is 11.8. The van der Waals surface area contributed by atoms with Crippen LogP contribution in [0.25, 0.3) is 0 Å². The minimum Gasteiger partial charge on any atom is -0.468 e. The number of carbonyl (C=O) groups excluding carboxylic acids is 1. The molecule has 0 aliphatic heterocycles. The summed E-state index contributed by atoms with van der Waals surface area (Å²) in [5.74, 6) is 0.382. The molecule has 0 saturated heterocycles. The Morgan fingerprint density at radius 3 is 3.06 bits per heavy atom. The van der Waals surface area contributed by atoms with Crippen LogP contribution in [-0.4, -0.2) is 39.8 Å². The van der Waals surface area contributed by atoms with Crippen LogP contribution in [0.15, 0.2) is 10.7 Å². The number of thioether (sulfide) groups is 1. The molecule has 0 spiro atoms. The average Bonchev–Trinajstić information content (AvgIpc) is 2.97. The molecule has 1 unspecified atom stereocenters. The number of carbonyl (C=O) groups is 1. The van der Waals surface area contributed by atoms with Gasteiger partial charge in [0.25, 0.3) is 0 Å². The molecule has 1 heterocycles. The van der Waals surface area contributed by atoms with Crippen LogP contribution in [-0.2, 0) is 9.53 Å². The summed E-state index contributed by atoms with van der Waals surface area (Å²) in [7, 11) is 1.42. The van der Waals surface area contributed by atoms with Crippen LogP contribution in [0.4, 0.5) is 0 Å². The molecule has 1 fully saturated rings. The van der Waals surface area contributed by atoms with Gasteiger partial charge in [0, 0.05) is 11.8 Å². The lowest BCUT2D eigenvalue weighted by atomic mass is 10.1. The predicted molar refractivity (Wildman–Crippen MR) is 67.2 cm³/mol.